The highest BCUT2D eigenvalue weighted by Gasteiger charge is 2.39. The number of rotatable bonds is 4. The summed E-state index contributed by atoms with van der Waals surface area (Å²) >= 11 is 5.14. The predicted octanol–water partition coefficient (Wildman–Crippen LogP) is 3.78. The van der Waals surface area contributed by atoms with E-state index in [2.05, 4.69) is 22.9 Å². The van der Waals surface area contributed by atoms with Crippen molar-refractivity contribution in [2.24, 2.45) is 17.1 Å². The molecule has 0 unspecified atom stereocenters. The summed E-state index contributed by atoms with van der Waals surface area (Å²) in [5.74, 6) is 1.07. The number of halogens is 1. The Morgan fingerprint density at radius 2 is 2.22 bits per heavy atom. The van der Waals surface area contributed by atoms with Crippen LogP contribution < -0.4 is 5.73 Å². The summed E-state index contributed by atoms with van der Waals surface area (Å²) in [5.41, 5.74) is 5.67. The molecule has 1 aliphatic rings. The molecule has 2 N–H and O–H groups in total. The summed E-state index contributed by atoms with van der Waals surface area (Å²) in [5, 5.41) is 2.02. The third-order valence-electron chi connectivity index (χ3n) is 4.23. The van der Waals surface area contributed by atoms with E-state index >= 15 is 0 Å². The predicted molar refractivity (Wildman–Crippen MR) is 79.8 cm³/mol. The third-order valence-corrected chi connectivity index (χ3v) is 6.15. The van der Waals surface area contributed by atoms with Crippen molar-refractivity contribution < 1.29 is 4.79 Å². The van der Waals surface area contributed by atoms with E-state index in [1.54, 1.807) is 11.3 Å². The Bertz CT molecular complexity index is 421. The maximum atomic E-state index is 12.6. The Kier molecular flexibility index (Phi) is 4.62. The average Bonchev–Trinajstić information content (AvgIpc) is 2.76. The SMILES string of the molecule is CC1CCC(CN)(C(=O)Cc2sccc2Br)CC1. The molecule has 2 nitrogen and oxygen atoms in total. The highest BCUT2D eigenvalue weighted by atomic mass is 79.9. The van der Waals surface area contributed by atoms with E-state index in [-0.39, 0.29) is 5.41 Å². The standard InChI is InChI=1S/C14H20BrNOS/c1-10-2-5-14(9-16,6-3-10)13(17)8-12-11(15)4-7-18-12/h4,7,10H,2-3,5-6,8-9,16H2,1H3. The van der Waals surface area contributed by atoms with Gasteiger partial charge >= 0.3 is 0 Å². The molecule has 18 heavy (non-hydrogen) atoms. The van der Waals surface area contributed by atoms with Crippen molar-refractivity contribution in [3.8, 4) is 0 Å². The lowest BCUT2D eigenvalue weighted by molar-refractivity contribution is -0.129. The molecule has 4 heteroatoms. The molecule has 1 aromatic heterocycles. The zero-order valence-electron chi connectivity index (χ0n) is 10.7. The molecule has 0 atom stereocenters. The van der Waals surface area contributed by atoms with Gasteiger partial charge in [-0.25, -0.2) is 0 Å². The molecule has 0 aliphatic heterocycles. The van der Waals surface area contributed by atoms with Crippen molar-refractivity contribution in [1.29, 1.82) is 0 Å². The van der Waals surface area contributed by atoms with E-state index in [0.29, 0.717) is 18.7 Å². The van der Waals surface area contributed by atoms with Gasteiger partial charge in [0.2, 0.25) is 0 Å². The van der Waals surface area contributed by atoms with Crippen LogP contribution in [0.15, 0.2) is 15.9 Å². The molecule has 0 bridgehead atoms. The van der Waals surface area contributed by atoms with Crippen molar-refractivity contribution in [1.82, 2.24) is 0 Å². The van der Waals surface area contributed by atoms with Crippen molar-refractivity contribution in [2.45, 2.75) is 39.0 Å². The lowest BCUT2D eigenvalue weighted by Crippen LogP contribution is -2.42. The van der Waals surface area contributed by atoms with Crippen LogP contribution in [-0.2, 0) is 11.2 Å². The average molecular weight is 330 g/mol. The molecule has 1 fully saturated rings. The summed E-state index contributed by atoms with van der Waals surface area (Å²) in [6.07, 6.45) is 4.73. The first kappa shape index (κ1) is 14.2. The second-order valence-corrected chi connectivity index (χ2v) is 7.31. The molecular weight excluding hydrogens is 310 g/mol. The number of nitrogens with two attached hydrogens (primary N) is 1. The molecule has 1 saturated carbocycles. The molecule has 2 rings (SSSR count). The number of carbonyl (C=O) groups is 1. The van der Waals surface area contributed by atoms with E-state index in [1.807, 2.05) is 11.4 Å². The fourth-order valence-corrected chi connectivity index (χ4v) is 4.19. The molecule has 1 aromatic rings. The quantitative estimate of drug-likeness (QED) is 0.913. The molecule has 1 aliphatic carbocycles. The van der Waals surface area contributed by atoms with Gasteiger partial charge in [0.1, 0.15) is 5.78 Å². The fourth-order valence-electron chi connectivity index (χ4n) is 2.70. The van der Waals surface area contributed by atoms with Gasteiger partial charge in [-0.3, -0.25) is 4.79 Å². The van der Waals surface area contributed by atoms with Crippen molar-refractivity contribution >= 4 is 33.0 Å². The number of thiophene rings is 1. The van der Waals surface area contributed by atoms with Crippen LogP contribution in [0.1, 0.15) is 37.5 Å². The zero-order chi connectivity index (χ0) is 13.2. The minimum Gasteiger partial charge on any atom is -0.329 e. The Morgan fingerprint density at radius 1 is 1.56 bits per heavy atom. The topological polar surface area (TPSA) is 43.1 Å². The van der Waals surface area contributed by atoms with Crippen molar-refractivity contribution in [3.63, 3.8) is 0 Å². The first-order valence-corrected chi connectivity index (χ1v) is 8.20. The van der Waals surface area contributed by atoms with E-state index < -0.39 is 0 Å². The summed E-state index contributed by atoms with van der Waals surface area (Å²) in [4.78, 5) is 13.7. The minimum absolute atomic E-state index is 0.254. The molecule has 0 spiro atoms. The fraction of sp³-hybridized carbons (Fsp3) is 0.643. The smallest absolute Gasteiger partial charge is 0.145 e. The summed E-state index contributed by atoms with van der Waals surface area (Å²) in [6.45, 7) is 2.77. The zero-order valence-corrected chi connectivity index (χ0v) is 13.1. The maximum absolute atomic E-state index is 12.6. The Morgan fingerprint density at radius 3 is 2.72 bits per heavy atom. The van der Waals surface area contributed by atoms with Crippen LogP contribution in [0.4, 0.5) is 0 Å². The molecule has 0 aromatic carbocycles. The molecule has 100 valence electrons. The lowest BCUT2D eigenvalue weighted by Gasteiger charge is -2.37. The van der Waals surface area contributed by atoms with E-state index in [1.165, 1.54) is 0 Å². The number of Topliss-reactive ketones (excluding diaryl/α,β-unsaturated/α-hetero) is 1. The number of carbonyl (C=O) groups excluding carboxylic acids is 1. The van der Waals surface area contributed by atoms with Crippen molar-refractivity contribution in [2.75, 3.05) is 6.54 Å². The van der Waals surface area contributed by atoms with E-state index in [9.17, 15) is 4.79 Å². The van der Waals surface area contributed by atoms with Crippen molar-refractivity contribution in [3.05, 3.63) is 20.8 Å². The van der Waals surface area contributed by atoms with Gasteiger partial charge < -0.3 is 5.73 Å². The molecular formula is C14H20BrNOS. The van der Waals surface area contributed by atoms with Gasteiger partial charge in [-0.2, -0.15) is 0 Å². The molecule has 0 amide bonds. The highest BCUT2D eigenvalue weighted by molar-refractivity contribution is 9.10. The van der Waals surface area contributed by atoms with Gasteiger partial charge in [0.15, 0.2) is 0 Å². The summed E-state index contributed by atoms with van der Waals surface area (Å²) < 4.78 is 1.05. The minimum atomic E-state index is -0.254. The van der Waals surface area contributed by atoms with Gasteiger partial charge in [-0.05, 0) is 59.0 Å². The number of hydrogen-bond donors (Lipinski definition) is 1. The maximum Gasteiger partial charge on any atom is 0.145 e. The summed E-state index contributed by atoms with van der Waals surface area (Å²) in [7, 11) is 0. The number of ketones is 1. The second kappa shape index (κ2) is 5.85. The van der Waals surface area contributed by atoms with Gasteiger partial charge in [-0.15, -0.1) is 11.3 Å². The van der Waals surface area contributed by atoms with Crippen LogP contribution in [0.5, 0.6) is 0 Å². The Labute approximate surface area is 121 Å². The van der Waals surface area contributed by atoms with Crippen LogP contribution in [-0.4, -0.2) is 12.3 Å². The normalized spacial score (nSPS) is 28.3. The van der Waals surface area contributed by atoms with E-state index in [0.717, 1.165) is 41.0 Å². The monoisotopic (exact) mass is 329 g/mol. The van der Waals surface area contributed by atoms with Crippen LogP contribution in [0.2, 0.25) is 0 Å². The Hall–Kier alpha value is -0.190. The first-order chi connectivity index (χ1) is 8.57. The van der Waals surface area contributed by atoms with E-state index in [4.69, 9.17) is 5.73 Å². The van der Waals surface area contributed by atoms with Crippen LogP contribution in [0, 0.1) is 11.3 Å². The Balaban J connectivity index is 2.08. The lowest BCUT2D eigenvalue weighted by atomic mass is 9.67. The third kappa shape index (κ3) is 2.86. The first-order valence-electron chi connectivity index (χ1n) is 6.52. The molecule has 0 radical (unpaired) electrons. The number of hydrogen-bond acceptors (Lipinski definition) is 3. The molecule has 1 heterocycles. The van der Waals surface area contributed by atoms with Gasteiger partial charge in [0, 0.05) is 27.7 Å². The summed E-state index contributed by atoms with van der Waals surface area (Å²) in [6, 6.07) is 2.01. The van der Waals surface area contributed by atoms with Crippen LogP contribution >= 0.6 is 27.3 Å². The van der Waals surface area contributed by atoms with Gasteiger partial charge in [-0.1, -0.05) is 6.92 Å². The second-order valence-electron chi connectivity index (χ2n) is 5.46. The van der Waals surface area contributed by atoms with Gasteiger partial charge in [0.25, 0.3) is 0 Å². The largest absolute Gasteiger partial charge is 0.329 e. The van der Waals surface area contributed by atoms with Crippen LogP contribution in [0.3, 0.4) is 0 Å². The molecule has 0 saturated heterocycles. The highest BCUT2D eigenvalue weighted by Crippen LogP contribution is 2.40. The van der Waals surface area contributed by atoms with Crippen LogP contribution in [0.25, 0.3) is 0 Å². The van der Waals surface area contributed by atoms with Gasteiger partial charge in [0.05, 0.1) is 0 Å².